The van der Waals surface area contributed by atoms with E-state index >= 15 is 0 Å². The monoisotopic (exact) mass is 479 g/mol. The number of sulfonamides is 1. The van der Waals surface area contributed by atoms with E-state index in [0.717, 1.165) is 30.4 Å². The number of carbonyl (C=O) groups excluding carboxylic acids is 1. The van der Waals surface area contributed by atoms with Crippen molar-refractivity contribution in [1.82, 2.24) is 10.2 Å². The molecule has 0 unspecified atom stereocenters. The van der Waals surface area contributed by atoms with Crippen LogP contribution in [0.2, 0.25) is 5.02 Å². The van der Waals surface area contributed by atoms with Crippen molar-refractivity contribution in [3.8, 4) is 5.75 Å². The highest BCUT2D eigenvalue weighted by Crippen LogP contribution is 2.26. The maximum atomic E-state index is 13.4. The van der Waals surface area contributed by atoms with Gasteiger partial charge in [0.25, 0.3) is 10.0 Å². The first kappa shape index (κ1) is 24.4. The first-order valence-electron chi connectivity index (χ1n) is 10.9. The third kappa shape index (κ3) is 6.60. The number of nitrogens with one attached hydrogen (secondary N) is 1. The number of carbonyl (C=O) groups is 1. The van der Waals surface area contributed by atoms with E-state index in [0.29, 0.717) is 29.6 Å². The van der Waals surface area contributed by atoms with Crippen LogP contribution < -0.4 is 14.4 Å². The number of anilines is 1. The van der Waals surface area contributed by atoms with Gasteiger partial charge in [-0.3, -0.25) is 9.10 Å². The van der Waals surface area contributed by atoms with Crippen LogP contribution in [0.25, 0.3) is 0 Å². The molecule has 3 rings (SSSR count). The molecule has 1 aliphatic rings. The lowest BCUT2D eigenvalue weighted by Crippen LogP contribution is -2.41. The zero-order chi connectivity index (χ0) is 23.0. The number of ether oxygens (including phenoxy) is 1. The summed E-state index contributed by atoms with van der Waals surface area (Å²) in [5.41, 5.74) is 0.385. The molecule has 174 valence electrons. The Bertz CT molecular complexity index is 975. The van der Waals surface area contributed by atoms with E-state index in [-0.39, 0.29) is 17.3 Å². The maximum absolute atomic E-state index is 13.4. The van der Waals surface area contributed by atoms with E-state index in [1.165, 1.54) is 37.1 Å². The summed E-state index contributed by atoms with van der Waals surface area (Å²) in [6, 6.07) is 12.6. The number of hydrogen-bond acceptors (Lipinski definition) is 5. The van der Waals surface area contributed by atoms with Crippen LogP contribution in [-0.2, 0) is 14.8 Å². The van der Waals surface area contributed by atoms with E-state index < -0.39 is 10.0 Å². The van der Waals surface area contributed by atoms with Gasteiger partial charge >= 0.3 is 0 Å². The van der Waals surface area contributed by atoms with E-state index in [1.54, 1.807) is 24.3 Å². The lowest BCUT2D eigenvalue weighted by molar-refractivity contribution is -0.119. The molecule has 2 aromatic carbocycles. The first-order valence-corrected chi connectivity index (χ1v) is 12.7. The van der Waals surface area contributed by atoms with Crippen molar-refractivity contribution in [3.63, 3.8) is 0 Å². The summed E-state index contributed by atoms with van der Waals surface area (Å²) in [6.07, 6.45) is 3.29. The van der Waals surface area contributed by atoms with Gasteiger partial charge in [-0.25, -0.2) is 8.42 Å². The van der Waals surface area contributed by atoms with Crippen LogP contribution in [0.4, 0.5) is 5.69 Å². The van der Waals surface area contributed by atoms with Crippen LogP contribution in [0.5, 0.6) is 5.75 Å². The zero-order valence-electron chi connectivity index (χ0n) is 18.3. The lowest BCUT2D eigenvalue weighted by Gasteiger charge is -2.24. The van der Waals surface area contributed by atoms with E-state index in [4.69, 9.17) is 16.3 Å². The van der Waals surface area contributed by atoms with Crippen molar-refractivity contribution in [2.24, 2.45) is 0 Å². The fourth-order valence-electron chi connectivity index (χ4n) is 3.65. The van der Waals surface area contributed by atoms with E-state index in [1.807, 2.05) is 6.92 Å². The summed E-state index contributed by atoms with van der Waals surface area (Å²) in [7, 11) is -3.97. The van der Waals surface area contributed by atoms with Gasteiger partial charge in [-0.1, -0.05) is 11.6 Å². The number of likely N-dealkylation sites (tertiary alicyclic amines) is 1. The molecular formula is C23H30ClN3O4S. The summed E-state index contributed by atoms with van der Waals surface area (Å²) in [5, 5.41) is 3.29. The average molecular weight is 480 g/mol. The summed E-state index contributed by atoms with van der Waals surface area (Å²) < 4.78 is 33.3. The number of hydrogen-bond donors (Lipinski definition) is 1. The Kier molecular flexibility index (Phi) is 8.78. The summed E-state index contributed by atoms with van der Waals surface area (Å²) >= 11 is 5.92. The van der Waals surface area contributed by atoms with Gasteiger partial charge in [-0.15, -0.1) is 0 Å². The van der Waals surface area contributed by atoms with Crippen LogP contribution in [0, 0.1) is 0 Å². The zero-order valence-corrected chi connectivity index (χ0v) is 19.9. The molecular weight excluding hydrogens is 450 g/mol. The highest BCUT2D eigenvalue weighted by Gasteiger charge is 2.27. The fourth-order valence-corrected chi connectivity index (χ4v) is 5.19. The molecule has 1 aliphatic heterocycles. The van der Waals surface area contributed by atoms with Crippen molar-refractivity contribution in [2.75, 3.05) is 43.6 Å². The Labute approximate surface area is 195 Å². The lowest BCUT2D eigenvalue weighted by atomic mass is 10.3. The van der Waals surface area contributed by atoms with E-state index in [9.17, 15) is 13.2 Å². The van der Waals surface area contributed by atoms with Gasteiger partial charge in [-0.2, -0.15) is 0 Å². The first-order chi connectivity index (χ1) is 15.4. The van der Waals surface area contributed by atoms with Gasteiger partial charge in [-0.05, 0) is 94.4 Å². The molecule has 0 spiro atoms. The van der Waals surface area contributed by atoms with Crippen LogP contribution in [0.1, 0.15) is 26.2 Å². The standard InChI is InChI=1S/C23H30ClN3O4S/c1-2-31-21-10-8-20(9-11-21)27(32(29,30)22-12-6-19(24)7-13-22)18-23(28)25-14-5-17-26-15-3-4-16-26/h6-13H,2-5,14-18H2,1H3,(H,25,28). The molecule has 0 saturated carbocycles. The summed E-state index contributed by atoms with van der Waals surface area (Å²) in [6.45, 7) is 5.73. The van der Waals surface area contributed by atoms with Crippen molar-refractivity contribution >= 4 is 33.2 Å². The van der Waals surface area contributed by atoms with E-state index in [2.05, 4.69) is 10.2 Å². The van der Waals surface area contributed by atoms with Crippen LogP contribution >= 0.6 is 11.6 Å². The van der Waals surface area contributed by atoms with Crippen LogP contribution in [-0.4, -0.2) is 58.6 Å². The Hall–Kier alpha value is -2.29. The third-order valence-electron chi connectivity index (χ3n) is 5.30. The van der Waals surface area contributed by atoms with Gasteiger partial charge in [0.05, 0.1) is 17.2 Å². The molecule has 9 heteroatoms. The number of amides is 1. The predicted octanol–water partition coefficient (Wildman–Crippen LogP) is 3.54. The maximum Gasteiger partial charge on any atom is 0.264 e. The second kappa shape index (κ2) is 11.5. The molecule has 1 amide bonds. The molecule has 0 bridgehead atoms. The smallest absolute Gasteiger partial charge is 0.264 e. The van der Waals surface area contributed by atoms with Gasteiger partial charge in [0.2, 0.25) is 5.91 Å². The predicted molar refractivity (Wildman–Crippen MR) is 127 cm³/mol. The highest BCUT2D eigenvalue weighted by atomic mass is 35.5. The van der Waals surface area contributed by atoms with Gasteiger partial charge in [0, 0.05) is 11.6 Å². The van der Waals surface area contributed by atoms with Gasteiger partial charge < -0.3 is 15.0 Å². The fraction of sp³-hybridized carbons (Fsp3) is 0.435. The summed E-state index contributed by atoms with van der Waals surface area (Å²) in [4.78, 5) is 15.1. The van der Waals surface area contributed by atoms with Crippen molar-refractivity contribution in [3.05, 3.63) is 53.6 Å². The topological polar surface area (TPSA) is 79.0 Å². The minimum absolute atomic E-state index is 0.0672. The van der Waals surface area contributed by atoms with Crippen molar-refractivity contribution in [2.45, 2.75) is 31.1 Å². The average Bonchev–Trinajstić information content (AvgIpc) is 3.30. The Morgan fingerprint density at radius 3 is 2.38 bits per heavy atom. The Balaban J connectivity index is 1.72. The Morgan fingerprint density at radius 1 is 1.09 bits per heavy atom. The highest BCUT2D eigenvalue weighted by molar-refractivity contribution is 7.92. The van der Waals surface area contributed by atoms with Crippen LogP contribution in [0.15, 0.2) is 53.4 Å². The summed E-state index contributed by atoms with van der Waals surface area (Å²) in [5.74, 6) is 0.282. The quantitative estimate of drug-likeness (QED) is 0.499. The number of halogens is 1. The SMILES string of the molecule is CCOc1ccc(N(CC(=O)NCCCN2CCCC2)S(=O)(=O)c2ccc(Cl)cc2)cc1. The molecule has 0 atom stereocenters. The molecule has 2 aromatic rings. The van der Waals surface area contributed by atoms with Gasteiger partial charge in [0.1, 0.15) is 12.3 Å². The van der Waals surface area contributed by atoms with Crippen LogP contribution in [0.3, 0.4) is 0 Å². The molecule has 7 nitrogen and oxygen atoms in total. The minimum atomic E-state index is -3.97. The molecule has 1 saturated heterocycles. The van der Waals surface area contributed by atoms with Crippen molar-refractivity contribution < 1.29 is 17.9 Å². The van der Waals surface area contributed by atoms with Crippen molar-refractivity contribution in [1.29, 1.82) is 0 Å². The van der Waals surface area contributed by atoms with Gasteiger partial charge in [0.15, 0.2) is 0 Å². The second-order valence-corrected chi connectivity index (χ2v) is 9.94. The molecule has 32 heavy (non-hydrogen) atoms. The normalized spacial score (nSPS) is 14.3. The number of nitrogens with zero attached hydrogens (tertiary/aromatic N) is 2. The molecule has 1 N–H and O–H groups in total. The minimum Gasteiger partial charge on any atom is -0.494 e. The number of rotatable bonds is 11. The molecule has 1 fully saturated rings. The molecule has 0 aromatic heterocycles. The molecule has 1 heterocycles. The number of benzene rings is 2. The molecule has 0 aliphatic carbocycles. The largest absolute Gasteiger partial charge is 0.494 e. The molecule has 0 radical (unpaired) electrons. The second-order valence-electron chi connectivity index (χ2n) is 7.64. The third-order valence-corrected chi connectivity index (χ3v) is 7.34. The Morgan fingerprint density at radius 2 is 1.75 bits per heavy atom.